The molecule has 0 heterocycles. The molecule has 6 heavy (non-hydrogen) atoms. The Kier molecular flexibility index (Phi) is 24.6. The van der Waals surface area contributed by atoms with Crippen molar-refractivity contribution < 1.29 is 5.48 Å². The fraction of sp³-hybridized carbons (Fsp3) is 0. The number of halogens is 3. The molecule has 0 rings (SSSR count). The summed E-state index contributed by atoms with van der Waals surface area (Å²) in [6.07, 6.45) is 0. The van der Waals surface area contributed by atoms with E-state index in [-0.39, 0.29) is 11.6 Å². The molecular weight excluding hydrogens is 164 g/mol. The van der Waals surface area contributed by atoms with Crippen LogP contribution in [0.25, 0.3) is 0 Å². The minimum atomic E-state index is -1.72. The van der Waals surface area contributed by atoms with Gasteiger partial charge in [0.1, 0.15) is 0 Å². The monoisotopic (exact) mass is 169 g/mol. The van der Waals surface area contributed by atoms with Crippen molar-refractivity contribution >= 4 is 40.0 Å². The van der Waals surface area contributed by atoms with Crippen LogP contribution in [-0.2, 0) is 0 Å². The Morgan fingerprint density at radius 3 is 1.00 bits per heavy atom. The lowest BCUT2D eigenvalue weighted by molar-refractivity contribution is 0.824. The van der Waals surface area contributed by atoms with Crippen LogP contribution in [0.5, 0.6) is 0 Å². The maximum absolute atomic E-state index is 4.94. The minimum Gasteiger partial charge on any atom is -0.412 e. The van der Waals surface area contributed by atoms with Gasteiger partial charge >= 0.3 is 6.73 Å². The second-order valence-electron chi connectivity index (χ2n) is 0.247. The molecule has 0 saturated carbocycles. The Bertz CT molecular complexity index is 15.5. The van der Waals surface area contributed by atoms with Gasteiger partial charge in [0.05, 0.1) is 0 Å². The smallest absolute Gasteiger partial charge is 0.326 e. The summed E-state index contributed by atoms with van der Waals surface area (Å²) in [4.78, 5) is 0. The number of rotatable bonds is 0. The van der Waals surface area contributed by atoms with Gasteiger partial charge in [0, 0.05) is 0 Å². The van der Waals surface area contributed by atoms with E-state index in [1.165, 1.54) is 0 Å². The van der Waals surface area contributed by atoms with E-state index < -0.39 is 6.73 Å². The van der Waals surface area contributed by atoms with Crippen LogP contribution in [0.3, 0.4) is 0 Å². The third-order valence-corrected chi connectivity index (χ3v) is 0. The van der Waals surface area contributed by atoms with Crippen molar-refractivity contribution in [3.63, 3.8) is 0 Å². The third kappa shape index (κ3) is 79.3. The van der Waals surface area contributed by atoms with Crippen molar-refractivity contribution in [1.29, 1.82) is 0 Å². The molecular formula is H6Cl3NOSi. The molecule has 0 saturated heterocycles. The van der Waals surface area contributed by atoms with E-state index in [0.29, 0.717) is 0 Å². The molecule has 0 atom stereocenters. The first kappa shape index (κ1) is 15.7. The molecule has 0 unspecified atom stereocenters. The summed E-state index contributed by atoms with van der Waals surface area (Å²) < 4.78 is 0. The molecule has 5 N–H and O–H groups in total. The SMILES string of the molecule is Cl[SiH](Cl)Cl.N.O. The van der Waals surface area contributed by atoms with Gasteiger partial charge in [0.15, 0.2) is 0 Å². The molecule has 0 aromatic carbocycles. The zero-order chi connectivity index (χ0) is 3.58. The summed E-state index contributed by atoms with van der Waals surface area (Å²) in [6.45, 7) is -1.72. The van der Waals surface area contributed by atoms with E-state index in [9.17, 15) is 0 Å². The lowest BCUT2D eigenvalue weighted by Crippen LogP contribution is -1.66. The zero-order valence-electron chi connectivity index (χ0n) is 2.92. The van der Waals surface area contributed by atoms with Crippen LogP contribution in [0.4, 0.5) is 0 Å². The van der Waals surface area contributed by atoms with Gasteiger partial charge in [-0.2, -0.15) is 0 Å². The van der Waals surface area contributed by atoms with Crippen LogP contribution >= 0.6 is 33.2 Å². The first-order chi connectivity index (χ1) is 1.73. The Hall–Kier alpha value is 1.01. The van der Waals surface area contributed by atoms with Gasteiger partial charge in [0.25, 0.3) is 0 Å². The topological polar surface area (TPSA) is 66.5 Å². The molecule has 0 aliphatic rings. The van der Waals surface area contributed by atoms with Gasteiger partial charge in [-0.05, 0) is 0 Å². The molecule has 0 aliphatic carbocycles. The van der Waals surface area contributed by atoms with E-state index in [1.54, 1.807) is 0 Å². The summed E-state index contributed by atoms with van der Waals surface area (Å²) in [5.74, 6) is 0. The maximum atomic E-state index is 4.94. The van der Waals surface area contributed by atoms with E-state index in [4.69, 9.17) is 33.2 Å². The van der Waals surface area contributed by atoms with Crippen molar-refractivity contribution in [2.24, 2.45) is 0 Å². The minimum absolute atomic E-state index is 0. The van der Waals surface area contributed by atoms with Crippen LogP contribution in [0, 0.1) is 0 Å². The molecule has 0 amide bonds. The first-order valence-electron chi connectivity index (χ1n) is 0.655. The van der Waals surface area contributed by atoms with Crippen LogP contribution in [-0.4, -0.2) is 12.2 Å². The van der Waals surface area contributed by atoms with E-state index in [1.807, 2.05) is 0 Å². The van der Waals surface area contributed by atoms with Crippen LogP contribution < -0.4 is 6.15 Å². The molecule has 0 spiro atoms. The standard InChI is InChI=1S/Cl3HSi.H3N.H2O/c1-4(2)3;;/h4H;1H3;1H2. The van der Waals surface area contributed by atoms with Gasteiger partial charge in [0.2, 0.25) is 0 Å². The van der Waals surface area contributed by atoms with Crippen LogP contribution in [0.15, 0.2) is 0 Å². The predicted molar refractivity (Wildman–Crippen MR) is 33.3 cm³/mol. The van der Waals surface area contributed by atoms with Gasteiger partial charge < -0.3 is 11.6 Å². The van der Waals surface area contributed by atoms with Crippen molar-refractivity contribution in [3.05, 3.63) is 0 Å². The highest BCUT2D eigenvalue weighted by molar-refractivity contribution is 7.54. The number of hydrogen-bond donors (Lipinski definition) is 1. The highest BCUT2D eigenvalue weighted by atomic mass is 35.8. The second-order valence-corrected chi connectivity index (χ2v) is 6.68. The summed E-state index contributed by atoms with van der Waals surface area (Å²) in [5.41, 5.74) is 0. The maximum Gasteiger partial charge on any atom is 0.326 e. The Balaban J connectivity index is -0.0000000450. The van der Waals surface area contributed by atoms with E-state index >= 15 is 0 Å². The van der Waals surface area contributed by atoms with Gasteiger partial charge in [-0.3, -0.25) is 0 Å². The third-order valence-electron chi connectivity index (χ3n) is 0. The Morgan fingerprint density at radius 1 is 1.00 bits per heavy atom. The Labute approximate surface area is 52.0 Å². The summed E-state index contributed by atoms with van der Waals surface area (Å²) in [7, 11) is 0. The fourth-order valence-electron chi connectivity index (χ4n) is 0. The fourth-order valence-corrected chi connectivity index (χ4v) is 0. The van der Waals surface area contributed by atoms with E-state index in [0.717, 1.165) is 0 Å². The normalized spacial score (nSPS) is 6.00. The van der Waals surface area contributed by atoms with Gasteiger partial charge in [-0.1, -0.05) is 0 Å². The Morgan fingerprint density at radius 2 is 1.00 bits per heavy atom. The quantitative estimate of drug-likeness (QED) is 0.423. The van der Waals surface area contributed by atoms with Gasteiger partial charge in [-0.15, -0.1) is 33.2 Å². The summed E-state index contributed by atoms with van der Waals surface area (Å²) in [5, 5.41) is 0. The zero-order valence-corrected chi connectivity index (χ0v) is 6.34. The van der Waals surface area contributed by atoms with Crippen LogP contribution in [0.2, 0.25) is 0 Å². The second kappa shape index (κ2) is 9.38. The molecule has 0 bridgehead atoms. The van der Waals surface area contributed by atoms with E-state index in [2.05, 4.69) is 0 Å². The molecule has 0 aliphatic heterocycles. The van der Waals surface area contributed by atoms with Crippen LogP contribution in [0.1, 0.15) is 0 Å². The number of hydrogen-bond acceptors (Lipinski definition) is 1. The molecule has 0 fully saturated rings. The van der Waals surface area contributed by atoms with Crippen molar-refractivity contribution in [2.75, 3.05) is 0 Å². The van der Waals surface area contributed by atoms with Crippen molar-refractivity contribution in [2.45, 2.75) is 0 Å². The summed E-state index contributed by atoms with van der Waals surface area (Å²) >= 11 is 14.8. The average Bonchev–Trinajstić information content (AvgIpc) is 0.811. The highest BCUT2D eigenvalue weighted by Crippen LogP contribution is 1.97. The van der Waals surface area contributed by atoms with Gasteiger partial charge in [-0.25, -0.2) is 0 Å². The highest BCUT2D eigenvalue weighted by Gasteiger charge is 1.85. The van der Waals surface area contributed by atoms with Crippen molar-refractivity contribution in [3.8, 4) is 0 Å². The first-order valence-corrected chi connectivity index (χ1v) is 5.89. The molecule has 0 radical (unpaired) electrons. The molecule has 2 nitrogen and oxygen atoms in total. The van der Waals surface area contributed by atoms with Crippen molar-refractivity contribution in [1.82, 2.24) is 6.15 Å². The molecule has 0 aromatic rings. The average molecular weight is 170 g/mol. The lowest BCUT2D eigenvalue weighted by Gasteiger charge is -1.65. The molecule has 0 aromatic heterocycles. The summed E-state index contributed by atoms with van der Waals surface area (Å²) in [6, 6.07) is 0. The molecule has 42 valence electrons. The largest absolute Gasteiger partial charge is 0.412 e. The predicted octanol–water partition coefficient (Wildman–Crippen LogP) is 0.757. The molecule has 6 heteroatoms. The lowest BCUT2D eigenvalue weighted by atomic mass is 14.0.